The highest BCUT2D eigenvalue weighted by atomic mass is 127. The van der Waals surface area contributed by atoms with Crippen LogP contribution in [0.4, 0.5) is 0 Å². The molecule has 1 aliphatic rings. The summed E-state index contributed by atoms with van der Waals surface area (Å²) in [7, 11) is 3.47. The van der Waals surface area contributed by atoms with Crippen LogP contribution in [0, 0.1) is 0 Å². The standard InChI is InChI=1S/C15H28N6O.HI/c1-15(2,22-4)11-18-14(16-3)17-10-13-20-19-12-8-6-5-7-9-21(12)13;/h5-11H2,1-4H3,(H2,16,17,18);1H. The van der Waals surface area contributed by atoms with Gasteiger partial charge in [0, 0.05) is 33.7 Å². The smallest absolute Gasteiger partial charge is 0.191 e. The van der Waals surface area contributed by atoms with Crippen LogP contribution in [0.3, 0.4) is 0 Å². The molecule has 0 amide bonds. The predicted octanol–water partition coefficient (Wildman–Crippen LogP) is 1.71. The average molecular weight is 436 g/mol. The van der Waals surface area contributed by atoms with Gasteiger partial charge in [-0.05, 0) is 26.7 Å². The molecular formula is C15H29IN6O. The first-order valence-corrected chi connectivity index (χ1v) is 7.96. The molecule has 0 aliphatic carbocycles. The Bertz CT molecular complexity index is 514. The first-order chi connectivity index (χ1) is 10.6. The molecule has 0 spiro atoms. The second kappa shape index (κ2) is 9.41. The first-order valence-electron chi connectivity index (χ1n) is 7.96. The summed E-state index contributed by atoms with van der Waals surface area (Å²) in [6.45, 7) is 6.39. The van der Waals surface area contributed by atoms with Gasteiger partial charge in [0.25, 0.3) is 0 Å². The zero-order valence-corrected chi connectivity index (χ0v) is 16.9. The summed E-state index contributed by atoms with van der Waals surface area (Å²) < 4.78 is 7.64. The van der Waals surface area contributed by atoms with Gasteiger partial charge in [-0.25, -0.2) is 0 Å². The lowest BCUT2D eigenvalue weighted by molar-refractivity contribution is 0.0268. The molecule has 0 bridgehead atoms. The Hall–Kier alpha value is -0.900. The van der Waals surface area contributed by atoms with Crippen LogP contribution in [-0.4, -0.2) is 47.0 Å². The van der Waals surface area contributed by atoms with E-state index in [4.69, 9.17) is 4.74 Å². The van der Waals surface area contributed by atoms with Crippen LogP contribution in [-0.2, 0) is 24.2 Å². The Balaban J connectivity index is 0.00000264. The number of nitrogens with zero attached hydrogens (tertiary/aromatic N) is 4. The molecule has 0 saturated heterocycles. The van der Waals surface area contributed by atoms with E-state index < -0.39 is 0 Å². The molecule has 2 rings (SSSR count). The second-order valence-electron chi connectivity index (χ2n) is 6.24. The van der Waals surface area contributed by atoms with Crippen LogP contribution in [0.15, 0.2) is 4.99 Å². The SMILES string of the molecule is CN=C(NCc1nnc2n1CCCCC2)NCC(C)(C)OC.I. The van der Waals surface area contributed by atoms with Crippen molar-refractivity contribution >= 4 is 29.9 Å². The molecule has 1 aromatic rings. The fourth-order valence-corrected chi connectivity index (χ4v) is 2.43. The maximum atomic E-state index is 5.40. The number of hydrogen-bond donors (Lipinski definition) is 2. The molecule has 0 atom stereocenters. The largest absolute Gasteiger partial charge is 0.377 e. The van der Waals surface area contributed by atoms with E-state index in [2.05, 4.69) is 30.4 Å². The quantitative estimate of drug-likeness (QED) is 0.418. The van der Waals surface area contributed by atoms with Gasteiger partial charge >= 0.3 is 0 Å². The van der Waals surface area contributed by atoms with Crippen LogP contribution < -0.4 is 10.6 Å². The van der Waals surface area contributed by atoms with Crippen molar-refractivity contribution in [3.05, 3.63) is 11.6 Å². The summed E-state index contributed by atoms with van der Waals surface area (Å²) in [4.78, 5) is 4.24. The third-order valence-electron chi connectivity index (χ3n) is 4.06. The van der Waals surface area contributed by atoms with Crippen LogP contribution in [0.2, 0.25) is 0 Å². The Morgan fingerprint density at radius 1 is 1.26 bits per heavy atom. The first kappa shape index (κ1) is 20.1. The van der Waals surface area contributed by atoms with E-state index in [9.17, 15) is 0 Å². The van der Waals surface area contributed by atoms with Crippen molar-refractivity contribution in [2.24, 2.45) is 4.99 Å². The number of guanidine groups is 1. The molecule has 0 unspecified atom stereocenters. The minimum absolute atomic E-state index is 0. The molecular weight excluding hydrogens is 407 g/mol. The highest BCUT2D eigenvalue weighted by Gasteiger charge is 2.17. The van der Waals surface area contributed by atoms with Gasteiger partial charge in [-0.15, -0.1) is 34.2 Å². The molecule has 23 heavy (non-hydrogen) atoms. The van der Waals surface area contributed by atoms with E-state index in [1.807, 2.05) is 13.8 Å². The van der Waals surface area contributed by atoms with Crippen molar-refractivity contribution in [3.8, 4) is 0 Å². The summed E-state index contributed by atoms with van der Waals surface area (Å²) in [5.74, 6) is 2.83. The number of aryl methyl sites for hydroxylation is 1. The minimum Gasteiger partial charge on any atom is -0.377 e. The Kier molecular flexibility index (Phi) is 8.24. The molecule has 2 N–H and O–H groups in total. The third kappa shape index (κ3) is 5.91. The fraction of sp³-hybridized carbons (Fsp3) is 0.800. The molecule has 8 heteroatoms. The van der Waals surface area contributed by atoms with Crippen molar-refractivity contribution in [1.82, 2.24) is 25.4 Å². The summed E-state index contributed by atoms with van der Waals surface area (Å²) in [6.07, 6.45) is 4.71. The monoisotopic (exact) mass is 436 g/mol. The number of ether oxygens (including phenoxy) is 1. The molecule has 7 nitrogen and oxygen atoms in total. The summed E-state index contributed by atoms with van der Waals surface area (Å²) >= 11 is 0. The molecule has 132 valence electrons. The van der Waals surface area contributed by atoms with E-state index >= 15 is 0 Å². The van der Waals surface area contributed by atoms with Crippen molar-refractivity contribution in [2.45, 2.75) is 58.2 Å². The van der Waals surface area contributed by atoms with Gasteiger partial charge in [0.15, 0.2) is 11.8 Å². The lowest BCUT2D eigenvalue weighted by atomic mass is 10.1. The summed E-state index contributed by atoms with van der Waals surface area (Å²) in [6, 6.07) is 0. The van der Waals surface area contributed by atoms with Crippen LogP contribution >= 0.6 is 24.0 Å². The average Bonchev–Trinajstić information content (AvgIpc) is 2.75. The Morgan fingerprint density at radius 3 is 2.74 bits per heavy atom. The van der Waals surface area contributed by atoms with E-state index in [0.717, 1.165) is 30.6 Å². The second-order valence-corrected chi connectivity index (χ2v) is 6.24. The van der Waals surface area contributed by atoms with Crippen LogP contribution in [0.5, 0.6) is 0 Å². The Morgan fingerprint density at radius 2 is 2.04 bits per heavy atom. The number of rotatable bonds is 5. The summed E-state index contributed by atoms with van der Waals surface area (Å²) in [5, 5.41) is 15.2. The van der Waals surface area contributed by atoms with Crippen molar-refractivity contribution in [2.75, 3.05) is 20.7 Å². The highest BCUT2D eigenvalue weighted by Crippen LogP contribution is 2.14. The molecule has 0 saturated carbocycles. The van der Waals surface area contributed by atoms with Crippen LogP contribution in [0.25, 0.3) is 0 Å². The minimum atomic E-state index is -0.233. The van der Waals surface area contributed by atoms with Crippen molar-refractivity contribution < 1.29 is 4.74 Å². The molecule has 2 heterocycles. The topological polar surface area (TPSA) is 76.4 Å². The predicted molar refractivity (Wildman–Crippen MR) is 102 cm³/mol. The highest BCUT2D eigenvalue weighted by molar-refractivity contribution is 14.0. The van der Waals surface area contributed by atoms with E-state index in [1.54, 1.807) is 14.2 Å². The Labute approximate surface area is 155 Å². The number of aromatic nitrogens is 3. The number of methoxy groups -OCH3 is 1. The molecule has 0 radical (unpaired) electrons. The molecule has 1 aliphatic heterocycles. The van der Waals surface area contributed by atoms with E-state index in [0.29, 0.717) is 13.1 Å². The molecule has 0 fully saturated rings. The van der Waals surface area contributed by atoms with Crippen molar-refractivity contribution in [1.29, 1.82) is 0 Å². The third-order valence-corrected chi connectivity index (χ3v) is 4.06. The van der Waals surface area contributed by atoms with Gasteiger partial charge in [-0.1, -0.05) is 6.42 Å². The number of fused-ring (bicyclic) bond motifs is 1. The lowest BCUT2D eigenvalue weighted by Crippen LogP contribution is -2.45. The zero-order chi connectivity index (χ0) is 16.0. The van der Waals surface area contributed by atoms with Gasteiger partial charge in [0.1, 0.15) is 5.82 Å². The van der Waals surface area contributed by atoms with Gasteiger partial charge in [-0.2, -0.15) is 0 Å². The maximum absolute atomic E-state index is 5.40. The van der Waals surface area contributed by atoms with Crippen LogP contribution in [0.1, 0.15) is 44.8 Å². The van der Waals surface area contributed by atoms with Crippen molar-refractivity contribution in [3.63, 3.8) is 0 Å². The maximum Gasteiger partial charge on any atom is 0.191 e. The van der Waals surface area contributed by atoms with E-state index in [1.165, 1.54) is 19.3 Å². The zero-order valence-electron chi connectivity index (χ0n) is 14.6. The number of aliphatic imine (C=N–C) groups is 1. The van der Waals surface area contributed by atoms with Gasteiger partial charge < -0.3 is 19.9 Å². The summed E-state index contributed by atoms with van der Waals surface area (Å²) in [5.41, 5.74) is -0.233. The number of hydrogen-bond acceptors (Lipinski definition) is 4. The molecule has 1 aromatic heterocycles. The number of halogens is 1. The normalized spacial score (nSPS) is 15.4. The van der Waals surface area contributed by atoms with Gasteiger partial charge in [-0.3, -0.25) is 4.99 Å². The number of nitrogens with one attached hydrogen (secondary N) is 2. The van der Waals surface area contributed by atoms with Gasteiger partial charge in [0.2, 0.25) is 0 Å². The lowest BCUT2D eigenvalue weighted by Gasteiger charge is -2.24. The molecule has 0 aromatic carbocycles. The fourth-order valence-electron chi connectivity index (χ4n) is 2.43. The van der Waals surface area contributed by atoms with E-state index in [-0.39, 0.29) is 29.6 Å². The van der Waals surface area contributed by atoms with Gasteiger partial charge in [0.05, 0.1) is 12.1 Å².